The average Bonchev–Trinajstić information content (AvgIpc) is 3.05. The number of aromatic nitrogens is 2. The molecular formula is C15H14F3N3O2. The number of rotatable bonds is 3. The number of likely N-dealkylation sites (tertiary alicyclic amines) is 1. The molecule has 0 bridgehead atoms. The van der Waals surface area contributed by atoms with Crippen molar-refractivity contribution in [2.45, 2.75) is 32.0 Å². The molecule has 0 saturated carbocycles. The molecule has 5 nitrogen and oxygen atoms in total. The Bertz CT molecular complexity index is 710. The molecule has 2 aromatic rings. The van der Waals surface area contributed by atoms with Crippen molar-refractivity contribution >= 4 is 5.91 Å². The Kier molecular flexibility index (Phi) is 3.83. The van der Waals surface area contributed by atoms with Gasteiger partial charge in [0, 0.05) is 19.5 Å². The number of alkyl halides is 3. The van der Waals surface area contributed by atoms with Gasteiger partial charge in [0.05, 0.1) is 11.5 Å². The minimum atomic E-state index is -4.36. The fraction of sp³-hybridized carbons (Fsp3) is 0.400. The Labute approximate surface area is 130 Å². The Morgan fingerprint density at radius 2 is 2.00 bits per heavy atom. The summed E-state index contributed by atoms with van der Waals surface area (Å²) in [6, 6.07) is 4.82. The highest BCUT2D eigenvalue weighted by atomic mass is 19.4. The van der Waals surface area contributed by atoms with Crippen LogP contribution in [0.15, 0.2) is 28.8 Å². The second kappa shape index (κ2) is 5.68. The summed E-state index contributed by atoms with van der Waals surface area (Å²) in [7, 11) is 0. The van der Waals surface area contributed by atoms with Crippen molar-refractivity contribution < 1.29 is 22.5 Å². The molecule has 1 atom stereocenters. The van der Waals surface area contributed by atoms with Gasteiger partial charge in [-0.05, 0) is 24.6 Å². The Balaban J connectivity index is 1.67. The summed E-state index contributed by atoms with van der Waals surface area (Å²) in [6.45, 7) is 2.38. The van der Waals surface area contributed by atoms with E-state index in [1.807, 2.05) is 0 Å². The van der Waals surface area contributed by atoms with Crippen LogP contribution in [0.1, 0.15) is 35.2 Å². The van der Waals surface area contributed by atoms with Crippen molar-refractivity contribution in [1.82, 2.24) is 15.0 Å². The summed E-state index contributed by atoms with van der Waals surface area (Å²) in [5.41, 5.74) is -0.0538. The van der Waals surface area contributed by atoms with Crippen LogP contribution in [0, 0.1) is 6.92 Å². The van der Waals surface area contributed by atoms with Gasteiger partial charge in [0.15, 0.2) is 5.82 Å². The van der Waals surface area contributed by atoms with Gasteiger partial charge in [-0.15, -0.1) is 0 Å². The van der Waals surface area contributed by atoms with Gasteiger partial charge in [0.2, 0.25) is 11.8 Å². The van der Waals surface area contributed by atoms with E-state index in [1.54, 1.807) is 11.8 Å². The molecule has 23 heavy (non-hydrogen) atoms. The zero-order valence-electron chi connectivity index (χ0n) is 12.3. The lowest BCUT2D eigenvalue weighted by Crippen LogP contribution is -2.24. The van der Waals surface area contributed by atoms with Crippen LogP contribution in [0.25, 0.3) is 0 Å². The van der Waals surface area contributed by atoms with E-state index >= 15 is 0 Å². The molecule has 1 aromatic heterocycles. The maximum atomic E-state index is 12.5. The molecule has 8 heteroatoms. The van der Waals surface area contributed by atoms with Crippen molar-refractivity contribution in [3.8, 4) is 0 Å². The molecule has 1 aromatic carbocycles. The van der Waals surface area contributed by atoms with Crippen LogP contribution in [-0.2, 0) is 17.5 Å². The first kappa shape index (κ1) is 15.5. The van der Waals surface area contributed by atoms with Crippen LogP contribution in [0.3, 0.4) is 0 Å². The van der Waals surface area contributed by atoms with Crippen molar-refractivity contribution in [3.63, 3.8) is 0 Å². The van der Waals surface area contributed by atoms with Crippen LogP contribution in [0.5, 0.6) is 0 Å². The number of hydrogen-bond acceptors (Lipinski definition) is 4. The maximum absolute atomic E-state index is 12.5. The van der Waals surface area contributed by atoms with Crippen molar-refractivity contribution in [3.05, 3.63) is 47.1 Å². The SMILES string of the molecule is Cc1noc(C2CC(=O)N(Cc3ccc(C(F)(F)F)cc3)C2)n1. The molecule has 0 spiro atoms. The predicted octanol–water partition coefficient (Wildman–Crippen LogP) is 2.91. The van der Waals surface area contributed by atoms with E-state index in [9.17, 15) is 18.0 Å². The molecule has 122 valence electrons. The van der Waals surface area contributed by atoms with Crippen molar-refractivity contribution in [2.75, 3.05) is 6.54 Å². The van der Waals surface area contributed by atoms with E-state index in [-0.39, 0.29) is 24.8 Å². The van der Waals surface area contributed by atoms with Crippen molar-refractivity contribution in [2.24, 2.45) is 0 Å². The summed E-state index contributed by atoms with van der Waals surface area (Å²) >= 11 is 0. The summed E-state index contributed by atoms with van der Waals surface area (Å²) in [5.74, 6) is 0.684. The molecule has 0 aliphatic carbocycles. The highest BCUT2D eigenvalue weighted by Crippen LogP contribution is 2.31. The Morgan fingerprint density at radius 1 is 1.30 bits per heavy atom. The van der Waals surface area contributed by atoms with E-state index in [0.29, 0.717) is 23.8 Å². The molecule has 0 radical (unpaired) electrons. The number of nitrogens with zero attached hydrogens (tertiary/aromatic N) is 3. The number of amides is 1. The van der Waals surface area contributed by atoms with Gasteiger partial charge in [-0.1, -0.05) is 17.3 Å². The molecule has 1 unspecified atom stereocenters. The Hall–Kier alpha value is -2.38. The third-order valence-corrected chi connectivity index (χ3v) is 3.76. The van der Waals surface area contributed by atoms with E-state index in [2.05, 4.69) is 10.1 Å². The number of carbonyl (C=O) groups excluding carboxylic acids is 1. The first-order chi connectivity index (χ1) is 10.8. The van der Waals surface area contributed by atoms with E-state index in [1.165, 1.54) is 12.1 Å². The topological polar surface area (TPSA) is 59.2 Å². The molecule has 0 N–H and O–H groups in total. The third-order valence-electron chi connectivity index (χ3n) is 3.76. The van der Waals surface area contributed by atoms with Crippen LogP contribution >= 0.6 is 0 Å². The highest BCUT2D eigenvalue weighted by Gasteiger charge is 2.34. The van der Waals surface area contributed by atoms with E-state index in [0.717, 1.165) is 12.1 Å². The lowest BCUT2D eigenvalue weighted by Gasteiger charge is -2.16. The van der Waals surface area contributed by atoms with Gasteiger partial charge in [-0.25, -0.2) is 0 Å². The zero-order valence-corrected chi connectivity index (χ0v) is 12.3. The van der Waals surface area contributed by atoms with Gasteiger partial charge >= 0.3 is 6.18 Å². The second-order valence-corrected chi connectivity index (χ2v) is 5.55. The monoisotopic (exact) mass is 325 g/mol. The summed E-state index contributed by atoms with van der Waals surface area (Å²) in [5, 5.41) is 3.71. The molecule has 2 heterocycles. The average molecular weight is 325 g/mol. The lowest BCUT2D eigenvalue weighted by molar-refractivity contribution is -0.137. The molecular weight excluding hydrogens is 311 g/mol. The molecule has 1 fully saturated rings. The quantitative estimate of drug-likeness (QED) is 0.870. The number of halogens is 3. The minimum absolute atomic E-state index is 0.0780. The maximum Gasteiger partial charge on any atom is 0.416 e. The normalized spacial score (nSPS) is 18.7. The fourth-order valence-corrected chi connectivity index (χ4v) is 2.59. The first-order valence-corrected chi connectivity index (χ1v) is 7.07. The van der Waals surface area contributed by atoms with E-state index in [4.69, 9.17) is 4.52 Å². The Morgan fingerprint density at radius 3 is 2.57 bits per heavy atom. The predicted molar refractivity (Wildman–Crippen MR) is 73.3 cm³/mol. The fourth-order valence-electron chi connectivity index (χ4n) is 2.59. The summed E-state index contributed by atoms with van der Waals surface area (Å²) in [6.07, 6.45) is -4.09. The summed E-state index contributed by atoms with van der Waals surface area (Å²) in [4.78, 5) is 17.8. The molecule has 1 aliphatic rings. The number of aryl methyl sites for hydroxylation is 1. The van der Waals surface area contributed by atoms with E-state index < -0.39 is 11.7 Å². The molecule has 1 saturated heterocycles. The van der Waals surface area contributed by atoms with Crippen LogP contribution in [0.2, 0.25) is 0 Å². The van der Waals surface area contributed by atoms with Crippen molar-refractivity contribution in [1.29, 1.82) is 0 Å². The van der Waals surface area contributed by atoms with Gasteiger partial charge in [0.1, 0.15) is 0 Å². The molecule has 1 amide bonds. The number of carbonyl (C=O) groups is 1. The standard InChI is InChI=1S/C15H14F3N3O2/c1-9-19-14(23-20-9)11-6-13(22)21(8-11)7-10-2-4-12(5-3-10)15(16,17)18/h2-5,11H,6-8H2,1H3. The number of hydrogen-bond donors (Lipinski definition) is 0. The van der Waals surface area contributed by atoms with Gasteiger partial charge in [0.25, 0.3) is 0 Å². The van der Waals surface area contributed by atoms with Gasteiger partial charge < -0.3 is 9.42 Å². The largest absolute Gasteiger partial charge is 0.416 e. The zero-order chi connectivity index (χ0) is 16.6. The van der Waals surface area contributed by atoms with Crippen LogP contribution < -0.4 is 0 Å². The lowest BCUT2D eigenvalue weighted by atomic mass is 10.1. The number of benzene rings is 1. The summed E-state index contributed by atoms with van der Waals surface area (Å²) < 4.78 is 42.7. The van der Waals surface area contributed by atoms with Gasteiger partial charge in [-0.3, -0.25) is 4.79 Å². The molecule has 3 rings (SSSR count). The third kappa shape index (κ3) is 3.35. The minimum Gasteiger partial charge on any atom is -0.339 e. The second-order valence-electron chi connectivity index (χ2n) is 5.55. The van der Waals surface area contributed by atoms with Crippen LogP contribution in [0.4, 0.5) is 13.2 Å². The highest BCUT2D eigenvalue weighted by molar-refractivity contribution is 5.79. The molecule has 1 aliphatic heterocycles. The first-order valence-electron chi connectivity index (χ1n) is 7.07. The smallest absolute Gasteiger partial charge is 0.339 e. The van der Waals surface area contributed by atoms with Crippen LogP contribution in [-0.4, -0.2) is 27.5 Å². The van der Waals surface area contributed by atoms with Gasteiger partial charge in [-0.2, -0.15) is 18.2 Å².